The number of carbonyl (C=O) groups is 2. The second-order valence-corrected chi connectivity index (χ2v) is 6.98. The van der Waals surface area contributed by atoms with E-state index in [2.05, 4.69) is 15.3 Å². The van der Waals surface area contributed by atoms with Crippen molar-refractivity contribution < 1.29 is 14.3 Å². The van der Waals surface area contributed by atoms with Gasteiger partial charge in [0.25, 0.3) is 5.91 Å². The highest BCUT2D eigenvalue weighted by molar-refractivity contribution is 5.98. The maximum atomic E-state index is 12.8. The third-order valence-electron chi connectivity index (χ3n) is 5.07. The number of nitrogens with one attached hydrogen (secondary N) is 1. The van der Waals surface area contributed by atoms with Crippen molar-refractivity contribution in [3.8, 4) is 5.88 Å². The summed E-state index contributed by atoms with van der Waals surface area (Å²) < 4.78 is 5.39. The van der Waals surface area contributed by atoms with Gasteiger partial charge in [-0.1, -0.05) is 19.9 Å². The molecule has 0 bridgehead atoms. The number of ether oxygens (including phenoxy) is 1. The van der Waals surface area contributed by atoms with Crippen molar-refractivity contribution in [2.24, 2.45) is 5.92 Å². The largest absolute Gasteiger partial charge is 0.481 e. The van der Waals surface area contributed by atoms with Crippen LogP contribution in [-0.2, 0) is 24.3 Å². The van der Waals surface area contributed by atoms with Crippen molar-refractivity contribution in [1.29, 1.82) is 0 Å². The number of hydrogen-bond acceptors (Lipinski definition) is 5. The lowest BCUT2D eigenvalue weighted by atomic mass is 10.1. The Morgan fingerprint density at radius 1 is 1.39 bits per heavy atom. The molecule has 2 amide bonds. The molecule has 7 nitrogen and oxygen atoms in total. The van der Waals surface area contributed by atoms with Crippen LogP contribution in [0.25, 0.3) is 0 Å². The summed E-state index contributed by atoms with van der Waals surface area (Å²) in [4.78, 5) is 35.5. The quantitative estimate of drug-likeness (QED) is 0.758. The number of carbonyl (C=O) groups excluding carboxylic acids is 2. The second kappa shape index (κ2) is 8.82. The number of methoxy groups -OCH3 is 1. The number of hydrogen-bond donors (Lipinski definition) is 1. The van der Waals surface area contributed by atoms with Crippen LogP contribution in [0.5, 0.6) is 5.88 Å². The third-order valence-corrected chi connectivity index (χ3v) is 5.07. The number of nitrogens with zero attached hydrogens (tertiary/aromatic N) is 3. The third kappa shape index (κ3) is 4.30. The van der Waals surface area contributed by atoms with Crippen LogP contribution in [0.4, 0.5) is 0 Å². The summed E-state index contributed by atoms with van der Waals surface area (Å²) in [5.74, 6) is 0.323. The molecule has 0 aliphatic carbocycles. The highest BCUT2D eigenvalue weighted by atomic mass is 16.5. The predicted octanol–water partition coefficient (Wildman–Crippen LogP) is 2.35. The molecular formula is C21H26N4O3. The molecule has 2 aromatic rings. The summed E-state index contributed by atoms with van der Waals surface area (Å²) in [6.07, 6.45) is 3.22. The van der Waals surface area contributed by atoms with Crippen LogP contribution >= 0.6 is 0 Å². The number of amides is 2. The molecule has 1 atom stereocenters. The first-order valence-corrected chi connectivity index (χ1v) is 9.57. The standard InChI is InChI=1S/C21H26N4O3/c1-4-14(2)19(26)23-12-15-11-17-18(24-20(15)28-3)13-25(21(17)27)10-8-16-7-5-6-9-22-16/h5-7,9,11,14H,4,8,10,12-13H2,1-3H3,(H,23,26). The van der Waals surface area contributed by atoms with Crippen LogP contribution in [0.1, 0.15) is 47.6 Å². The van der Waals surface area contributed by atoms with Gasteiger partial charge < -0.3 is 15.0 Å². The van der Waals surface area contributed by atoms with E-state index in [9.17, 15) is 9.59 Å². The molecule has 0 radical (unpaired) electrons. The van der Waals surface area contributed by atoms with Gasteiger partial charge in [-0.25, -0.2) is 4.98 Å². The Labute approximate surface area is 165 Å². The molecule has 0 saturated heterocycles. The van der Waals surface area contributed by atoms with E-state index < -0.39 is 0 Å². The Morgan fingerprint density at radius 2 is 2.21 bits per heavy atom. The lowest BCUT2D eigenvalue weighted by molar-refractivity contribution is -0.124. The molecule has 148 valence electrons. The molecule has 3 heterocycles. The molecule has 7 heteroatoms. The average molecular weight is 382 g/mol. The molecule has 0 saturated carbocycles. The first-order chi connectivity index (χ1) is 13.5. The van der Waals surface area contributed by atoms with E-state index in [1.165, 1.54) is 0 Å². The summed E-state index contributed by atoms with van der Waals surface area (Å²) in [6, 6.07) is 7.56. The van der Waals surface area contributed by atoms with E-state index in [1.54, 1.807) is 24.3 Å². The van der Waals surface area contributed by atoms with Crippen LogP contribution in [0.3, 0.4) is 0 Å². The maximum absolute atomic E-state index is 12.8. The summed E-state index contributed by atoms with van der Waals surface area (Å²) in [5, 5.41) is 2.90. The number of pyridine rings is 2. The van der Waals surface area contributed by atoms with Crippen LogP contribution < -0.4 is 10.1 Å². The van der Waals surface area contributed by atoms with Crippen LogP contribution in [0, 0.1) is 5.92 Å². The van der Waals surface area contributed by atoms with Crippen LogP contribution in [0.15, 0.2) is 30.5 Å². The molecule has 0 spiro atoms. The summed E-state index contributed by atoms with van der Waals surface area (Å²) in [5.41, 5.74) is 2.94. The first-order valence-electron chi connectivity index (χ1n) is 9.57. The molecule has 0 aromatic carbocycles. The lowest BCUT2D eigenvalue weighted by Gasteiger charge is -2.14. The number of rotatable bonds is 8. The van der Waals surface area contributed by atoms with Gasteiger partial charge in [-0.2, -0.15) is 0 Å². The molecule has 1 N–H and O–H groups in total. The second-order valence-electron chi connectivity index (χ2n) is 6.98. The Bertz CT molecular complexity index is 854. The van der Waals surface area contributed by atoms with E-state index in [-0.39, 0.29) is 24.3 Å². The SMILES string of the molecule is CCC(C)C(=O)NCc1cc2c(nc1OC)CN(CCc1ccccn1)C2=O. The molecule has 28 heavy (non-hydrogen) atoms. The number of fused-ring (bicyclic) bond motifs is 1. The maximum Gasteiger partial charge on any atom is 0.256 e. The van der Waals surface area contributed by atoms with Crippen molar-refractivity contribution in [2.45, 2.75) is 39.8 Å². The predicted molar refractivity (Wildman–Crippen MR) is 105 cm³/mol. The zero-order valence-corrected chi connectivity index (χ0v) is 16.6. The number of aromatic nitrogens is 2. The van der Waals surface area contributed by atoms with Gasteiger partial charge in [-0.05, 0) is 24.6 Å². The van der Waals surface area contributed by atoms with Crippen molar-refractivity contribution in [1.82, 2.24) is 20.2 Å². The van der Waals surface area contributed by atoms with Crippen molar-refractivity contribution in [3.05, 3.63) is 53.0 Å². The highest BCUT2D eigenvalue weighted by Crippen LogP contribution is 2.27. The lowest BCUT2D eigenvalue weighted by Crippen LogP contribution is -2.28. The minimum absolute atomic E-state index is 0.0200. The van der Waals surface area contributed by atoms with Gasteiger partial charge in [0.05, 0.1) is 24.9 Å². The Balaban J connectivity index is 1.71. The van der Waals surface area contributed by atoms with E-state index in [4.69, 9.17) is 4.74 Å². The molecule has 1 aliphatic heterocycles. The molecule has 2 aromatic heterocycles. The van der Waals surface area contributed by atoms with Crippen LogP contribution in [0.2, 0.25) is 0 Å². The Morgan fingerprint density at radius 3 is 2.89 bits per heavy atom. The summed E-state index contributed by atoms with van der Waals surface area (Å²) >= 11 is 0. The van der Waals surface area contributed by atoms with Gasteiger partial charge in [0, 0.05) is 42.9 Å². The van der Waals surface area contributed by atoms with Gasteiger partial charge in [0.1, 0.15) is 0 Å². The van der Waals surface area contributed by atoms with E-state index >= 15 is 0 Å². The fraction of sp³-hybridized carbons (Fsp3) is 0.429. The normalized spacial score (nSPS) is 14.0. The Kier molecular flexibility index (Phi) is 6.23. The Hall–Kier alpha value is -2.96. The molecular weight excluding hydrogens is 356 g/mol. The van der Waals surface area contributed by atoms with E-state index in [1.807, 2.05) is 32.0 Å². The minimum Gasteiger partial charge on any atom is -0.481 e. The first kappa shape index (κ1) is 19.8. The van der Waals surface area contributed by atoms with Crippen molar-refractivity contribution >= 4 is 11.8 Å². The van der Waals surface area contributed by atoms with Gasteiger partial charge in [0.2, 0.25) is 11.8 Å². The van der Waals surface area contributed by atoms with E-state index in [0.717, 1.165) is 12.1 Å². The summed E-state index contributed by atoms with van der Waals surface area (Å²) in [6.45, 7) is 5.18. The van der Waals surface area contributed by atoms with E-state index in [0.29, 0.717) is 42.2 Å². The van der Waals surface area contributed by atoms with Gasteiger partial charge >= 0.3 is 0 Å². The van der Waals surface area contributed by atoms with Gasteiger partial charge in [-0.15, -0.1) is 0 Å². The van der Waals surface area contributed by atoms with Crippen molar-refractivity contribution in [2.75, 3.05) is 13.7 Å². The molecule has 1 aliphatic rings. The van der Waals surface area contributed by atoms with Gasteiger partial charge in [-0.3, -0.25) is 14.6 Å². The minimum atomic E-state index is -0.0582. The monoisotopic (exact) mass is 382 g/mol. The average Bonchev–Trinajstić information content (AvgIpc) is 3.04. The van der Waals surface area contributed by atoms with Crippen LogP contribution in [-0.4, -0.2) is 40.3 Å². The fourth-order valence-electron chi connectivity index (χ4n) is 3.12. The fourth-order valence-corrected chi connectivity index (χ4v) is 3.12. The molecule has 1 unspecified atom stereocenters. The summed E-state index contributed by atoms with van der Waals surface area (Å²) in [7, 11) is 1.55. The van der Waals surface area contributed by atoms with Gasteiger partial charge in [0.15, 0.2) is 0 Å². The van der Waals surface area contributed by atoms with Crippen molar-refractivity contribution in [3.63, 3.8) is 0 Å². The highest BCUT2D eigenvalue weighted by Gasteiger charge is 2.30. The zero-order valence-electron chi connectivity index (χ0n) is 16.6. The molecule has 3 rings (SSSR count). The smallest absolute Gasteiger partial charge is 0.256 e. The topological polar surface area (TPSA) is 84.4 Å². The zero-order chi connectivity index (χ0) is 20.1. The molecule has 0 fully saturated rings.